The lowest BCUT2D eigenvalue weighted by atomic mass is 9.75. The van der Waals surface area contributed by atoms with E-state index in [9.17, 15) is 4.79 Å². The van der Waals surface area contributed by atoms with E-state index in [4.69, 9.17) is 0 Å². The van der Waals surface area contributed by atoms with Crippen LogP contribution in [-0.4, -0.2) is 36.5 Å². The first-order valence-corrected chi connectivity index (χ1v) is 8.88. The fourth-order valence-corrected chi connectivity index (χ4v) is 4.30. The molecule has 1 unspecified atom stereocenters. The van der Waals surface area contributed by atoms with Crippen molar-refractivity contribution in [2.24, 2.45) is 11.8 Å². The lowest BCUT2D eigenvalue weighted by Crippen LogP contribution is -2.56. The van der Waals surface area contributed by atoms with Crippen LogP contribution in [0.1, 0.15) is 23.2 Å². The Labute approximate surface area is 143 Å². The zero-order valence-corrected chi connectivity index (χ0v) is 13.9. The fourth-order valence-electron chi connectivity index (χ4n) is 4.30. The average molecular weight is 320 g/mol. The summed E-state index contributed by atoms with van der Waals surface area (Å²) >= 11 is 0. The molecule has 0 radical (unpaired) electrons. The van der Waals surface area contributed by atoms with E-state index in [1.807, 2.05) is 36.4 Å². The Kier molecular flexibility index (Phi) is 4.11. The Morgan fingerprint density at radius 2 is 2.08 bits per heavy atom. The quantitative estimate of drug-likeness (QED) is 0.875. The number of piperidine rings is 3. The third-order valence-electron chi connectivity index (χ3n) is 5.74. The van der Waals surface area contributed by atoms with Crippen LogP contribution < -0.4 is 5.32 Å². The highest BCUT2D eigenvalue weighted by Gasteiger charge is 2.38. The van der Waals surface area contributed by atoms with E-state index in [-0.39, 0.29) is 5.91 Å². The van der Waals surface area contributed by atoms with Gasteiger partial charge in [0.25, 0.3) is 5.91 Å². The fraction of sp³-hybridized carbons (Fsp3) is 0.381. The van der Waals surface area contributed by atoms with Crippen LogP contribution in [0.4, 0.5) is 0 Å². The van der Waals surface area contributed by atoms with Gasteiger partial charge in [0.15, 0.2) is 0 Å². The van der Waals surface area contributed by atoms with E-state index in [2.05, 4.69) is 28.9 Å². The number of hydrogen-bond donors (Lipinski definition) is 1. The zero-order chi connectivity index (χ0) is 16.5. The topological polar surface area (TPSA) is 32.3 Å². The molecule has 3 fully saturated rings. The molecular formula is C21H24N2O. The second-order valence-corrected chi connectivity index (χ2v) is 7.10. The molecule has 2 aromatic rings. The number of benzene rings is 2. The Morgan fingerprint density at radius 3 is 2.83 bits per heavy atom. The van der Waals surface area contributed by atoms with Crippen LogP contribution in [0.25, 0.3) is 10.8 Å². The molecule has 0 aromatic heterocycles. The van der Waals surface area contributed by atoms with Gasteiger partial charge in [-0.2, -0.15) is 0 Å². The van der Waals surface area contributed by atoms with E-state index >= 15 is 0 Å². The van der Waals surface area contributed by atoms with Crippen LogP contribution in [0, 0.1) is 11.8 Å². The molecule has 1 amide bonds. The summed E-state index contributed by atoms with van der Waals surface area (Å²) in [6, 6.07) is 14.5. The van der Waals surface area contributed by atoms with Crippen molar-refractivity contribution in [1.29, 1.82) is 0 Å². The predicted octanol–water partition coefficient (Wildman–Crippen LogP) is 3.47. The summed E-state index contributed by atoms with van der Waals surface area (Å²) in [5.41, 5.74) is 0.744. The van der Waals surface area contributed by atoms with Crippen molar-refractivity contribution in [3.8, 4) is 0 Å². The molecule has 3 saturated heterocycles. The number of nitrogens with zero attached hydrogens (tertiary/aromatic N) is 1. The summed E-state index contributed by atoms with van der Waals surface area (Å²) in [5.74, 6) is 1.41. The maximum Gasteiger partial charge on any atom is 0.251 e. The van der Waals surface area contributed by atoms with Gasteiger partial charge >= 0.3 is 0 Å². The number of fused-ring (bicyclic) bond motifs is 4. The molecule has 1 N–H and O–H groups in total. The number of amides is 1. The molecule has 3 nitrogen and oxygen atoms in total. The second-order valence-electron chi connectivity index (χ2n) is 7.10. The van der Waals surface area contributed by atoms with Gasteiger partial charge in [-0.3, -0.25) is 9.69 Å². The summed E-state index contributed by atoms with van der Waals surface area (Å²) < 4.78 is 0. The van der Waals surface area contributed by atoms with Crippen molar-refractivity contribution in [2.75, 3.05) is 19.6 Å². The van der Waals surface area contributed by atoms with Crippen LogP contribution in [0.2, 0.25) is 0 Å². The summed E-state index contributed by atoms with van der Waals surface area (Å²) in [6.07, 6.45) is 4.56. The first-order valence-electron chi connectivity index (χ1n) is 8.88. The van der Waals surface area contributed by atoms with E-state index in [0.29, 0.717) is 12.0 Å². The van der Waals surface area contributed by atoms with Crippen molar-refractivity contribution in [3.63, 3.8) is 0 Å². The van der Waals surface area contributed by atoms with Gasteiger partial charge in [-0.25, -0.2) is 0 Å². The van der Waals surface area contributed by atoms with Crippen LogP contribution in [0.3, 0.4) is 0 Å². The summed E-state index contributed by atoms with van der Waals surface area (Å²) in [5, 5.41) is 5.42. The third-order valence-corrected chi connectivity index (χ3v) is 5.74. The molecular weight excluding hydrogens is 296 g/mol. The molecule has 3 aliphatic heterocycles. The molecule has 124 valence electrons. The van der Waals surface area contributed by atoms with Gasteiger partial charge in [-0.05, 0) is 54.1 Å². The zero-order valence-electron chi connectivity index (χ0n) is 13.9. The van der Waals surface area contributed by atoms with E-state index in [1.54, 1.807) is 0 Å². The molecule has 0 spiro atoms. The second kappa shape index (κ2) is 6.40. The highest BCUT2D eigenvalue weighted by molar-refractivity contribution is 5.98. The monoisotopic (exact) mass is 320 g/mol. The lowest BCUT2D eigenvalue weighted by molar-refractivity contribution is 0.0195. The van der Waals surface area contributed by atoms with Gasteiger partial charge in [-0.1, -0.05) is 36.4 Å². The van der Waals surface area contributed by atoms with Gasteiger partial charge in [0.05, 0.1) is 0 Å². The van der Waals surface area contributed by atoms with E-state index in [1.165, 1.54) is 18.2 Å². The molecule has 0 aliphatic carbocycles. The number of rotatable bonds is 4. The minimum atomic E-state index is 0.0312. The highest BCUT2D eigenvalue weighted by Crippen LogP contribution is 2.36. The molecule has 24 heavy (non-hydrogen) atoms. The molecule has 4 atom stereocenters. The number of hydrogen-bond acceptors (Lipinski definition) is 2. The van der Waals surface area contributed by atoms with Crippen molar-refractivity contribution in [2.45, 2.75) is 18.9 Å². The number of carbonyl (C=O) groups is 1. The molecule has 3 heterocycles. The maximum atomic E-state index is 12.5. The summed E-state index contributed by atoms with van der Waals surface area (Å²) in [4.78, 5) is 15.0. The van der Waals surface area contributed by atoms with Gasteiger partial charge < -0.3 is 5.32 Å². The minimum Gasteiger partial charge on any atom is -0.350 e. The van der Waals surface area contributed by atoms with Crippen LogP contribution >= 0.6 is 0 Å². The summed E-state index contributed by atoms with van der Waals surface area (Å²) in [6.45, 7) is 6.97. The van der Waals surface area contributed by atoms with Crippen molar-refractivity contribution < 1.29 is 4.79 Å². The first-order chi connectivity index (χ1) is 11.7. The highest BCUT2D eigenvalue weighted by atomic mass is 16.1. The van der Waals surface area contributed by atoms with Crippen molar-refractivity contribution >= 4 is 16.7 Å². The van der Waals surface area contributed by atoms with Gasteiger partial charge in [0.1, 0.15) is 0 Å². The standard InChI is InChI=1S/C21H24N2O/c1-2-15-14-23-10-9-18(15)12-20(23)13-22-21(24)19-8-7-16-5-3-4-6-17(16)11-19/h2-8,11,15,18,20H,1,9-10,12-14H2,(H,22,24)/t15-,18+,20-/m1/s1. The molecule has 5 rings (SSSR count). The lowest BCUT2D eigenvalue weighted by Gasteiger charge is -2.49. The van der Waals surface area contributed by atoms with Crippen molar-refractivity contribution in [1.82, 2.24) is 10.2 Å². The minimum absolute atomic E-state index is 0.0312. The Balaban J connectivity index is 1.40. The largest absolute Gasteiger partial charge is 0.350 e. The normalized spacial score (nSPS) is 28.7. The smallest absolute Gasteiger partial charge is 0.251 e. The van der Waals surface area contributed by atoms with Gasteiger partial charge in [0, 0.05) is 24.7 Å². The number of nitrogens with one attached hydrogen (secondary N) is 1. The molecule has 3 heteroatoms. The van der Waals surface area contributed by atoms with Crippen LogP contribution in [0.15, 0.2) is 55.1 Å². The molecule has 2 aromatic carbocycles. The maximum absolute atomic E-state index is 12.5. The molecule has 2 bridgehead atoms. The molecule has 3 aliphatic rings. The predicted molar refractivity (Wildman–Crippen MR) is 98.1 cm³/mol. The van der Waals surface area contributed by atoms with Crippen molar-refractivity contribution in [3.05, 3.63) is 60.7 Å². The van der Waals surface area contributed by atoms with Crippen LogP contribution in [-0.2, 0) is 0 Å². The van der Waals surface area contributed by atoms with E-state index in [0.717, 1.165) is 36.5 Å². The van der Waals surface area contributed by atoms with Gasteiger partial charge in [0.2, 0.25) is 0 Å². The molecule has 0 saturated carbocycles. The average Bonchev–Trinajstić information content (AvgIpc) is 2.66. The Bertz CT molecular complexity index is 769. The third kappa shape index (κ3) is 2.84. The Morgan fingerprint density at radius 1 is 1.25 bits per heavy atom. The SMILES string of the molecule is C=C[C@@H]1CN2CC[C@H]1C[C@@H]2CNC(=O)c1ccc2ccccc2c1. The Hall–Kier alpha value is -2.13. The van der Waals surface area contributed by atoms with Crippen LogP contribution in [0.5, 0.6) is 0 Å². The summed E-state index contributed by atoms with van der Waals surface area (Å²) in [7, 11) is 0. The van der Waals surface area contributed by atoms with Gasteiger partial charge in [-0.15, -0.1) is 6.58 Å². The first kappa shape index (κ1) is 15.4. The number of carbonyl (C=O) groups excluding carboxylic acids is 1. The van der Waals surface area contributed by atoms with E-state index < -0.39 is 0 Å².